The van der Waals surface area contributed by atoms with Gasteiger partial charge in [-0.2, -0.15) is 9.78 Å². The van der Waals surface area contributed by atoms with Crippen molar-refractivity contribution < 1.29 is 9.53 Å². The molecule has 1 aromatic heterocycles. The molecule has 0 saturated carbocycles. The van der Waals surface area contributed by atoms with Crippen LogP contribution in [0, 0.1) is 0 Å². The Morgan fingerprint density at radius 3 is 2.21 bits per heavy atom. The molecule has 1 amide bonds. The average molecular weight is 455 g/mol. The molecule has 1 N–H and O–H groups in total. The van der Waals surface area contributed by atoms with Crippen LogP contribution in [0.25, 0.3) is 16.5 Å². The number of hydrogen-bond donors (Lipinski definition) is 1. The van der Waals surface area contributed by atoms with E-state index in [-0.39, 0.29) is 23.2 Å². The molecular formula is C27H26N4O3. The summed E-state index contributed by atoms with van der Waals surface area (Å²) < 4.78 is 6.55. The fraction of sp³-hybridized carbons (Fsp3) is 0.222. The lowest BCUT2D eigenvalue weighted by atomic mass is 10.0. The number of carbonyl (C=O) groups is 1. The number of ether oxygens (including phenoxy) is 1. The average Bonchev–Trinajstić information content (AvgIpc) is 2.90. The maximum Gasteiger partial charge on any atom is 0.279 e. The first-order chi connectivity index (χ1) is 16.6. The summed E-state index contributed by atoms with van der Waals surface area (Å²) in [4.78, 5) is 28.7. The van der Waals surface area contributed by atoms with Crippen molar-refractivity contribution in [2.75, 3.05) is 25.1 Å². The predicted molar refractivity (Wildman–Crippen MR) is 133 cm³/mol. The SMILES string of the molecule is COc1ccc(N2CCC(NC(=O)c3nn(-c4ccccc4)c(=O)c4ccccc34)CC2)cc1. The van der Waals surface area contributed by atoms with Crippen molar-refractivity contribution in [3.8, 4) is 11.4 Å². The maximum absolute atomic E-state index is 13.3. The summed E-state index contributed by atoms with van der Waals surface area (Å²) in [5, 5.41) is 8.67. The predicted octanol–water partition coefficient (Wildman–Crippen LogP) is 3.79. The number of carbonyl (C=O) groups excluding carboxylic acids is 1. The van der Waals surface area contributed by atoms with Crippen LogP contribution in [0.4, 0.5) is 5.69 Å². The summed E-state index contributed by atoms with van der Waals surface area (Å²) in [6, 6.07) is 24.4. The molecule has 5 rings (SSSR count). The summed E-state index contributed by atoms with van der Waals surface area (Å²) in [6.07, 6.45) is 1.65. The van der Waals surface area contributed by atoms with E-state index in [0.717, 1.165) is 37.4 Å². The molecule has 1 aliphatic rings. The highest BCUT2D eigenvalue weighted by atomic mass is 16.5. The lowest BCUT2D eigenvalue weighted by molar-refractivity contribution is 0.0926. The Morgan fingerprint density at radius 2 is 1.53 bits per heavy atom. The number of nitrogens with zero attached hydrogens (tertiary/aromatic N) is 3. The molecular weight excluding hydrogens is 428 g/mol. The Balaban J connectivity index is 1.36. The van der Waals surface area contributed by atoms with Gasteiger partial charge in [0.05, 0.1) is 18.2 Å². The summed E-state index contributed by atoms with van der Waals surface area (Å²) in [6.45, 7) is 1.68. The molecule has 0 radical (unpaired) electrons. The van der Waals surface area contributed by atoms with Crippen LogP contribution in [-0.2, 0) is 0 Å². The minimum absolute atomic E-state index is 0.0414. The van der Waals surface area contributed by atoms with Crippen molar-refractivity contribution in [3.63, 3.8) is 0 Å². The standard InChI is InChI=1S/C27H26N4O3/c1-34-22-13-11-20(12-14-22)30-17-15-19(16-18-30)28-26(32)25-23-9-5-6-10-24(23)27(33)31(29-25)21-7-3-2-4-8-21/h2-14,19H,15-18H2,1H3,(H,28,32). The second-order valence-electron chi connectivity index (χ2n) is 8.38. The normalized spacial score (nSPS) is 14.2. The third kappa shape index (κ3) is 4.24. The molecule has 0 spiro atoms. The Bertz CT molecular complexity index is 1360. The van der Waals surface area contributed by atoms with Crippen LogP contribution in [0.1, 0.15) is 23.3 Å². The topological polar surface area (TPSA) is 76.5 Å². The van der Waals surface area contributed by atoms with Crippen LogP contribution >= 0.6 is 0 Å². The molecule has 2 heterocycles. The first-order valence-corrected chi connectivity index (χ1v) is 11.4. The molecule has 1 aliphatic heterocycles. The minimum atomic E-state index is -0.260. The van der Waals surface area contributed by atoms with Gasteiger partial charge in [0.1, 0.15) is 5.75 Å². The van der Waals surface area contributed by atoms with Crippen LogP contribution in [0.5, 0.6) is 5.75 Å². The van der Waals surface area contributed by atoms with Crippen molar-refractivity contribution in [2.24, 2.45) is 0 Å². The van der Waals surface area contributed by atoms with E-state index in [9.17, 15) is 9.59 Å². The fourth-order valence-corrected chi connectivity index (χ4v) is 4.43. The van der Waals surface area contributed by atoms with Gasteiger partial charge in [-0.15, -0.1) is 0 Å². The van der Waals surface area contributed by atoms with Crippen LogP contribution in [0.2, 0.25) is 0 Å². The first kappa shape index (κ1) is 21.7. The molecule has 172 valence electrons. The van der Waals surface area contributed by atoms with Gasteiger partial charge >= 0.3 is 0 Å². The van der Waals surface area contributed by atoms with Crippen molar-refractivity contribution in [2.45, 2.75) is 18.9 Å². The Hall–Kier alpha value is -4.13. The van der Waals surface area contributed by atoms with Crippen LogP contribution in [-0.4, -0.2) is 41.9 Å². The van der Waals surface area contributed by atoms with E-state index in [1.807, 2.05) is 36.4 Å². The van der Waals surface area contributed by atoms with Crippen LogP contribution in [0.15, 0.2) is 83.7 Å². The van der Waals surface area contributed by atoms with Gasteiger partial charge in [0.2, 0.25) is 0 Å². The van der Waals surface area contributed by atoms with E-state index in [0.29, 0.717) is 16.5 Å². The number of amides is 1. The number of aromatic nitrogens is 2. The van der Waals surface area contributed by atoms with Gasteiger partial charge in [0.15, 0.2) is 5.69 Å². The number of fused-ring (bicyclic) bond motifs is 1. The number of hydrogen-bond acceptors (Lipinski definition) is 5. The number of methoxy groups -OCH3 is 1. The van der Waals surface area contributed by atoms with Crippen molar-refractivity contribution >= 4 is 22.4 Å². The van der Waals surface area contributed by atoms with Crippen molar-refractivity contribution in [1.82, 2.24) is 15.1 Å². The van der Waals surface area contributed by atoms with Gasteiger partial charge < -0.3 is 15.0 Å². The van der Waals surface area contributed by atoms with E-state index < -0.39 is 0 Å². The molecule has 1 saturated heterocycles. The molecule has 0 unspecified atom stereocenters. The zero-order valence-corrected chi connectivity index (χ0v) is 19.0. The Kier molecular flexibility index (Phi) is 5.99. The van der Waals surface area contributed by atoms with Gasteiger partial charge in [-0.3, -0.25) is 9.59 Å². The van der Waals surface area contributed by atoms with E-state index >= 15 is 0 Å². The third-order valence-corrected chi connectivity index (χ3v) is 6.29. The highest BCUT2D eigenvalue weighted by molar-refractivity contribution is 6.05. The van der Waals surface area contributed by atoms with E-state index in [2.05, 4.69) is 27.4 Å². The number of piperidine rings is 1. The van der Waals surface area contributed by atoms with Crippen LogP contribution in [0.3, 0.4) is 0 Å². The number of rotatable bonds is 5. The number of anilines is 1. The minimum Gasteiger partial charge on any atom is -0.497 e. The maximum atomic E-state index is 13.3. The molecule has 4 aromatic rings. The number of benzene rings is 3. The highest BCUT2D eigenvalue weighted by Gasteiger charge is 2.24. The molecule has 0 bridgehead atoms. The monoisotopic (exact) mass is 454 g/mol. The largest absolute Gasteiger partial charge is 0.497 e. The van der Waals surface area contributed by atoms with Gasteiger partial charge in [0, 0.05) is 30.2 Å². The van der Waals surface area contributed by atoms with Gasteiger partial charge in [-0.25, -0.2) is 0 Å². The molecule has 34 heavy (non-hydrogen) atoms. The second-order valence-corrected chi connectivity index (χ2v) is 8.38. The second kappa shape index (κ2) is 9.39. The quantitative estimate of drug-likeness (QED) is 0.497. The highest BCUT2D eigenvalue weighted by Crippen LogP contribution is 2.23. The first-order valence-electron chi connectivity index (χ1n) is 11.4. The summed E-state index contributed by atoms with van der Waals surface area (Å²) in [5.41, 5.74) is 1.79. The zero-order chi connectivity index (χ0) is 23.5. The van der Waals surface area contributed by atoms with Gasteiger partial charge in [-0.1, -0.05) is 36.4 Å². The van der Waals surface area contributed by atoms with E-state index in [1.54, 1.807) is 37.4 Å². The fourth-order valence-electron chi connectivity index (χ4n) is 4.43. The summed E-state index contributed by atoms with van der Waals surface area (Å²) in [5.74, 6) is 0.575. The third-order valence-electron chi connectivity index (χ3n) is 6.29. The van der Waals surface area contributed by atoms with Gasteiger partial charge in [0.25, 0.3) is 11.5 Å². The van der Waals surface area contributed by atoms with Gasteiger partial charge in [-0.05, 0) is 55.3 Å². The molecule has 1 fully saturated rings. The molecule has 3 aromatic carbocycles. The molecule has 0 aliphatic carbocycles. The van der Waals surface area contributed by atoms with Crippen molar-refractivity contribution in [3.05, 3.63) is 94.9 Å². The molecule has 7 nitrogen and oxygen atoms in total. The lowest BCUT2D eigenvalue weighted by Crippen LogP contribution is -2.45. The van der Waals surface area contributed by atoms with Crippen molar-refractivity contribution in [1.29, 1.82) is 0 Å². The number of nitrogens with one attached hydrogen (secondary N) is 1. The smallest absolute Gasteiger partial charge is 0.279 e. The summed E-state index contributed by atoms with van der Waals surface area (Å²) >= 11 is 0. The Labute approximate surface area is 197 Å². The van der Waals surface area contributed by atoms with E-state index in [4.69, 9.17) is 4.74 Å². The Morgan fingerprint density at radius 1 is 0.882 bits per heavy atom. The van der Waals surface area contributed by atoms with E-state index in [1.165, 1.54) is 4.68 Å². The zero-order valence-electron chi connectivity index (χ0n) is 19.0. The number of para-hydroxylation sites is 1. The summed E-state index contributed by atoms with van der Waals surface area (Å²) in [7, 11) is 1.66. The molecule has 7 heteroatoms. The molecule has 0 atom stereocenters. The lowest BCUT2D eigenvalue weighted by Gasteiger charge is -2.34. The van der Waals surface area contributed by atoms with Crippen LogP contribution < -0.4 is 20.5 Å².